The number of aliphatic hydroxyl groups excluding tert-OH is 1. The number of aromatic nitrogens is 3. The zero-order valence-electron chi connectivity index (χ0n) is 17.5. The third-order valence-corrected chi connectivity index (χ3v) is 6.91. The molecule has 1 aliphatic heterocycles. The molecule has 0 unspecified atom stereocenters. The van der Waals surface area contributed by atoms with Crippen LogP contribution in [0, 0.1) is 5.82 Å². The number of carbonyl (C=O) groups excluding carboxylic acids is 1. The minimum absolute atomic E-state index is 0.0145. The molecule has 0 aliphatic carbocycles. The third-order valence-electron chi connectivity index (χ3n) is 5.20. The number of sulfone groups is 1. The molecule has 4 rings (SSSR count). The normalized spacial score (nSPS) is 19.5. The van der Waals surface area contributed by atoms with Crippen molar-refractivity contribution in [3.8, 4) is 16.9 Å². The first-order valence-electron chi connectivity index (χ1n) is 9.97. The predicted molar refractivity (Wildman–Crippen MR) is 114 cm³/mol. The highest BCUT2D eigenvalue weighted by atomic mass is 32.2. The van der Waals surface area contributed by atoms with E-state index in [0.29, 0.717) is 10.7 Å². The topological polar surface area (TPSA) is 131 Å². The lowest BCUT2D eigenvalue weighted by atomic mass is 10.1. The minimum atomic E-state index is -4.69. The van der Waals surface area contributed by atoms with Crippen LogP contribution in [-0.4, -0.2) is 57.8 Å². The van der Waals surface area contributed by atoms with Crippen molar-refractivity contribution >= 4 is 15.7 Å². The fourth-order valence-electron chi connectivity index (χ4n) is 3.51. The van der Waals surface area contributed by atoms with Crippen molar-refractivity contribution in [1.82, 2.24) is 20.1 Å². The molecule has 14 heteroatoms. The molecule has 0 saturated carbocycles. The first kappa shape index (κ1) is 24.5. The highest BCUT2D eigenvalue weighted by Crippen LogP contribution is 2.28. The molecule has 0 spiro atoms. The van der Waals surface area contributed by atoms with Crippen LogP contribution < -0.4 is 10.9 Å². The Bertz CT molecular complexity index is 1460. The molecule has 0 radical (unpaired) electrons. The predicted octanol–water partition coefficient (Wildman–Crippen LogP) is 1.34. The Balaban J connectivity index is 1.80. The second-order valence-corrected chi connectivity index (χ2v) is 9.95. The second kappa shape index (κ2) is 8.85. The fraction of sp³-hybridized carbons (Fsp3) is 0.238. The second-order valence-electron chi connectivity index (χ2n) is 7.79. The number of alkyl halides is 3. The summed E-state index contributed by atoms with van der Waals surface area (Å²) in [5, 5.41) is 16.3. The van der Waals surface area contributed by atoms with Gasteiger partial charge < -0.3 is 10.4 Å². The molecule has 3 heterocycles. The molecule has 1 aromatic carbocycles. The number of halogens is 4. The molecule has 9 nitrogen and oxygen atoms in total. The Labute approximate surface area is 195 Å². The first-order valence-corrected chi connectivity index (χ1v) is 11.8. The van der Waals surface area contributed by atoms with Gasteiger partial charge in [0.1, 0.15) is 17.1 Å². The molecule has 35 heavy (non-hydrogen) atoms. The van der Waals surface area contributed by atoms with Gasteiger partial charge in [-0.05, 0) is 36.4 Å². The summed E-state index contributed by atoms with van der Waals surface area (Å²) in [6.45, 7) is 0. The van der Waals surface area contributed by atoms with Crippen LogP contribution in [-0.2, 0) is 16.0 Å². The van der Waals surface area contributed by atoms with Gasteiger partial charge in [0.05, 0.1) is 35.0 Å². The Morgan fingerprint density at radius 1 is 1.14 bits per heavy atom. The van der Waals surface area contributed by atoms with Gasteiger partial charge in [-0.1, -0.05) is 6.07 Å². The summed E-state index contributed by atoms with van der Waals surface area (Å²) in [6.07, 6.45) is -5.24. The van der Waals surface area contributed by atoms with Gasteiger partial charge in [-0.25, -0.2) is 12.8 Å². The highest BCUT2D eigenvalue weighted by Gasteiger charge is 2.38. The maximum atomic E-state index is 13.8. The van der Waals surface area contributed by atoms with Gasteiger partial charge in [0, 0.05) is 11.8 Å². The van der Waals surface area contributed by atoms with E-state index in [0.717, 1.165) is 30.5 Å². The summed E-state index contributed by atoms with van der Waals surface area (Å²) in [4.78, 5) is 29.3. The van der Waals surface area contributed by atoms with Crippen LogP contribution in [0.3, 0.4) is 0 Å². The minimum Gasteiger partial charge on any atom is -0.390 e. The zero-order valence-corrected chi connectivity index (χ0v) is 18.3. The molecule has 1 amide bonds. The summed E-state index contributed by atoms with van der Waals surface area (Å²) in [5.41, 5.74) is -2.94. The Morgan fingerprint density at radius 2 is 1.89 bits per heavy atom. The molecule has 184 valence electrons. The van der Waals surface area contributed by atoms with Gasteiger partial charge in [-0.3, -0.25) is 14.6 Å². The fourth-order valence-corrected chi connectivity index (χ4v) is 5.25. The standard InChI is InChI=1S/C21H16F4N4O5S/c22-12-2-1-3-13(6-12)29-20(32)14(19(31)27-16-9-35(33,34)10-17(16)30)7-15(28-29)11-4-5-18(26-8-11)21(23,24)25/h1-8,16-17,30H,9-10H2,(H,27,31)/t16-,17+/m1/s1. The summed E-state index contributed by atoms with van der Waals surface area (Å²) >= 11 is 0. The molecular formula is C21H16F4N4O5S. The van der Waals surface area contributed by atoms with Crippen molar-refractivity contribution in [3.63, 3.8) is 0 Å². The third kappa shape index (κ3) is 5.22. The number of nitrogens with one attached hydrogen (secondary N) is 1. The lowest BCUT2D eigenvalue weighted by Gasteiger charge is -2.16. The molecule has 2 atom stereocenters. The van der Waals surface area contributed by atoms with Crippen LogP contribution in [0.1, 0.15) is 16.1 Å². The number of rotatable bonds is 4. The lowest BCUT2D eigenvalue weighted by Crippen LogP contribution is -2.44. The Kier molecular flexibility index (Phi) is 6.19. The van der Waals surface area contributed by atoms with E-state index in [1.165, 1.54) is 12.1 Å². The molecule has 0 bridgehead atoms. The van der Waals surface area contributed by atoms with E-state index < -0.39 is 68.2 Å². The van der Waals surface area contributed by atoms with E-state index >= 15 is 0 Å². The molecule has 1 aliphatic rings. The number of pyridine rings is 1. The summed E-state index contributed by atoms with van der Waals surface area (Å²) in [5.74, 6) is -2.88. The van der Waals surface area contributed by atoms with Crippen LogP contribution in [0.2, 0.25) is 0 Å². The number of amides is 1. The van der Waals surface area contributed by atoms with Gasteiger partial charge in [-0.2, -0.15) is 23.0 Å². The van der Waals surface area contributed by atoms with Crippen molar-refractivity contribution in [2.75, 3.05) is 11.5 Å². The van der Waals surface area contributed by atoms with E-state index in [4.69, 9.17) is 0 Å². The number of aliphatic hydroxyl groups is 1. The highest BCUT2D eigenvalue weighted by molar-refractivity contribution is 7.91. The Hall–Kier alpha value is -3.65. The van der Waals surface area contributed by atoms with Gasteiger partial charge >= 0.3 is 6.18 Å². The van der Waals surface area contributed by atoms with Crippen LogP contribution in [0.15, 0.2) is 53.5 Å². The van der Waals surface area contributed by atoms with Gasteiger partial charge in [0.15, 0.2) is 9.84 Å². The number of hydrogen-bond acceptors (Lipinski definition) is 7. The zero-order chi connectivity index (χ0) is 25.5. The lowest BCUT2D eigenvalue weighted by molar-refractivity contribution is -0.141. The molecule has 2 aromatic heterocycles. The maximum Gasteiger partial charge on any atom is 0.433 e. The average Bonchev–Trinajstić information content (AvgIpc) is 3.04. The van der Waals surface area contributed by atoms with Gasteiger partial charge in [-0.15, -0.1) is 0 Å². The van der Waals surface area contributed by atoms with Crippen molar-refractivity contribution in [2.45, 2.75) is 18.3 Å². The molecule has 2 N–H and O–H groups in total. The number of hydrogen-bond donors (Lipinski definition) is 2. The number of benzene rings is 1. The van der Waals surface area contributed by atoms with Crippen LogP contribution in [0.5, 0.6) is 0 Å². The SMILES string of the molecule is O=C(N[C@@H]1CS(=O)(=O)C[C@@H]1O)c1cc(-c2ccc(C(F)(F)F)nc2)nn(-c2cccc(F)c2)c1=O. The molecule has 3 aromatic rings. The average molecular weight is 512 g/mol. The molecule has 1 saturated heterocycles. The summed E-state index contributed by atoms with van der Waals surface area (Å²) < 4.78 is 76.6. The van der Waals surface area contributed by atoms with Crippen LogP contribution in [0.25, 0.3) is 16.9 Å². The van der Waals surface area contributed by atoms with E-state index in [9.17, 15) is 40.7 Å². The van der Waals surface area contributed by atoms with E-state index in [2.05, 4.69) is 15.4 Å². The van der Waals surface area contributed by atoms with E-state index in [1.807, 2.05) is 0 Å². The smallest absolute Gasteiger partial charge is 0.390 e. The van der Waals surface area contributed by atoms with Crippen LogP contribution >= 0.6 is 0 Å². The number of nitrogens with zero attached hydrogens (tertiary/aromatic N) is 3. The summed E-state index contributed by atoms with van der Waals surface area (Å²) in [7, 11) is -3.61. The monoisotopic (exact) mass is 512 g/mol. The van der Waals surface area contributed by atoms with Crippen molar-refractivity contribution in [3.05, 3.63) is 76.1 Å². The van der Waals surface area contributed by atoms with Crippen molar-refractivity contribution in [1.29, 1.82) is 0 Å². The van der Waals surface area contributed by atoms with E-state index in [1.54, 1.807) is 0 Å². The number of carbonyl (C=O) groups is 1. The van der Waals surface area contributed by atoms with Gasteiger partial charge in [0.25, 0.3) is 11.5 Å². The summed E-state index contributed by atoms with van der Waals surface area (Å²) in [6, 6.07) is 6.20. The maximum absolute atomic E-state index is 13.8. The van der Waals surface area contributed by atoms with Crippen LogP contribution in [0.4, 0.5) is 17.6 Å². The molecule has 1 fully saturated rings. The van der Waals surface area contributed by atoms with E-state index in [-0.39, 0.29) is 16.9 Å². The first-order chi connectivity index (χ1) is 16.3. The van der Waals surface area contributed by atoms with Crippen molar-refractivity contribution < 1.29 is 35.9 Å². The molecular weight excluding hydrogens is 496 g/mol. The largest absolute Gasteiger partial charge is 0.433 e. The van der Waals surface area contributed by atoms with Gasteiger partial charge in [0.2, 0.25) is 0 Å². The Morgan fingerprint density at radius 3 is 2.46 bits per heavy atom. The quantitative estimate of drug-likeness (QED) is 0.505. The van der Waals surface area contributed by atoms with Crippen molar-refractivity contribution in [2.24, 2.45) is 0 Å².